The molecule has 1 heterocycles. The summed E-state index contributed by atoms with van der Waals surface area (Å²) < 4.78 is 29.8. The first-order valence-corrected chi connectivity index (χ1v) is 11.0. The number of carbonyl (C=O) groups excluding carboxylic acids is 2. The minimum Gasteiger partial charge on any atom is -0.490 e. The third-order valence-electron chi connectivity index (χ3n) is 5.25. The lowest BCUT2D eigenvalue weighted by Crippen LogP contribution is -2.45. The van der Waals surface area contributed by atoms with Gasteiger partial charge in [-0.15, -0.1) is 0 Å². The molecule has 1 aliphatic rings. The Morgan fingerprint density at radius 2 is 1.82 bits per heavy atom. The molecule has 0 spiro atoms. The molecule has 0 radical (unpaired) electrons. The molecule has 0 saturated carbocycles. The number of allylic oxidation sites excluding steroid dienone is 1. The van der Waals surface area contributed by atoms with Gasteiger partial charge in [-0.1, -0.05) is 31.5 Å². The van der Waals surface area contributed by atoms with Crippen LogP contribution < -0.4 is 20.1 Å². The van der Waals surface area contributed by atoms with Gasteiger partial charge >= 0.3 is 12.0 Å². The third kappa shape index (κ3) is 6.03. The smallest absolute Gasteiger partial charge is 0.337 e. The first kappa shape index (κ1) is 24.1. The average molecular weight is 457 g/mol. The molecule has 8 heteroatoms. The van der Waals surface area contributed by atoms with E-state index in [-0.39, 0.29) is 18.5 Å². The van der Waals surface area contributed by atoms with Crippen molar-refractivity contribution < 1.29 is 28.2 Å². The standard InChI is InChI=1S/C25H29FN2O5/c1-4-6-7-19-22(24(29)31-3)23(28-25(30)27-19)17-10-13-20(21(14-17)32-5-2)33-15-16-8-11-18(26)12-9-16/h8-14,23H,4-7,15H2,1-3H3,(H2,27,28,30). The normalized spacial score (nSPS) is 15.5. The van der Waals surface area contributed by atoms with Gasteiger partial charge in [-0.2, -0.15) is 0 Å². The van der Waals surface area contributed by atoms with Gasteiger partial charge in [-0.25, -0.2) is 14.0 Å². The number of urea groups is 1. The number of unbranched alkanes of at least 4 members (excludes halogenated alkanes) is 1. The van der Waals surface area contributed by atoms with Crippen LogP contribution in [0.25, 0.3) is 0 Å². The Labute approximate surface area is 192 Å². The zero-order valence-corrected chi connectivity index (χ0v) is 19.1. The van der Waals surface area contributed by atoms with E-state index in [4.69, 9.17) is 14.2 Å². The number of rotatable bonds is 10. The summed E-state index contributed by atoms with van der Waals surface area (Å²) in [6.45, 7) is 4.53. The monoisotopic (exact) mass is 456 g/mol. The van der Waals surface area contributed by atoms with Crippen molar-refractivity contribution in [3.63, 3.8) is 0 Å². The zero-order chi connectivity index (χ0) is 23.8. The number of carbonyl (C=O) groups is 2. The molecular formula is C25H29FN2O5. The van der Waals surface area contributed by atoms with Gasteiger partial charge in [-0.05, 0) is 55.2 Å². The molecule has 0 aliphatic carbocycles. The van der Waals surface area contributed by atoms with Gasteiger partial charge in [0.25, 0.3) is 0 Å². The van der Waals surface area contributed by atoms with E-state index in [0.717, 1.165) is 18.4 Å². The molecular weight excluding hydrogens is 427 g/mol. The molecule has 3 rings (SSSR count). The molecule has 2 aromatic rings. The van der Waals surface area contributed by atoms with Crippen molar-refractivity contribution in [1.82, 2.24) is 10.6 Å². The number of methoxy groups -OCH3 is 1. The summed E-state index contributed by atoms with van der Waals surface area (Å²) in [5.74, 6) is 0.160. The fourth-order valence-electron chi connectivity index (χ4n) is 3.60. The highest BCUT2D eigenvalue weighted by molar-refractivity contribution is 5.95. The minimum absolute atomic E-state index is 0.234. The highest BCUT2D eigenvalue weighted by Gasteiger charge is 2.33. The number of hydrogen-bond acceptors (Lipinski definition) is 5. The van der Waals surface area contributed by atoms with Gasteiger partial charge in [0.2, 0.25) is 0 Å². The number of benzene rings is 2. The van der Waals surface area contributed by atoms with Gasteiger partial charge in [0.15, 0.2) is 11.5 Å². The average Bonchev–Trinajstić information content (AvgIpc) is 2.82. The summed E-state index contributed by atoms with van der Waals surface area (Å²) >= 11 is 0. The van der Waals surface area contributed by atoms with Crippen LogP contribution in [0, 0.1) is 5.82 Å². The van der Waals surface area contributed by atoms with Crippen molar-refractivity contribution in [2.75, 3.05) is 13.7 Å². The molecule has 7 nitrogen and oxygen atoms in total. The molecule has 176 valence electrons. The SMILES string of the molecule is CCCCC1=C(C(=O)OC)C(c2ccc(OCc3ccc(F)cc3)c(OCC)c2)NC(=O)N1. The van der Waals surface area contributed by atoms with Crippen molar-refractivity contribution in [3.8, 4) is 11.5 Å². The Morgan fingerprint density at radius 1 is 1.06 bits per heavy atom. The van der Waals surface area contributed by atoms with E-state index in [1.807, 2.05) is 13.8 Å². The number of esters is 1. The Balaban J connectivity index is 1.92. The molecule has 2 amide bonds. The summed E-state index contributed by atoms with van der Waals surface area (Å²) in [6, 6.07) is 10.2. The second kappa shape index (κ2) is 11.4. The third-order valence-corrected chi connectivity index (χ3v) is 5.25. The van der Waals surface area contributed by atoms with Crippen molar-refractivity contribution >= 4 is 12.0 Å². The molecule has 1 aliphatic heterocycles. The van der Waals surface area contributed by atoms with Gasteiger partial charge in [0.05, 0.1) is 25.3 Å². The molecule has 2 aromatic carbocycles. The Hall–Kier alpha value is -3.55. The first-order valence-electron chi connectivity index (χ1n) is 11.0. The van der Waals surface area contributed by atoms with Crippen molar-refractivity contribution in [1.29, 1.82) is 0 Å². The maximum atomic E-state index is 13.1. The predicted octanol–water partition coefficient (Wildman–Crippen LogP) is 4.77. The van der Waals surface area contributed by atoms with E-state index >= 15 is 0 Å². The van der Waals surface area contributed by atoms with Gasteiger partial charge in [0.1, 0.15) is 12.4 Å². The van der Waals surface area contributed by atoms with Crippen LogP contribution in [0.2, 0.25) is 0 Å². The molecule has 33 heavy (non-hydrogen) atoms. The minimum atomic E-state index is -0.691. The quantitative estimate of drug-likeness (QED) is 0.503. The lowest BCUT2D eigenvalue weighted by Gasteiger charge is -2.29. The van der Waals surface area contributed by atoms with Crippen LogP contribution in [0.3, 0.4) is 0 Å². The second-order valence-electron chi connectivity index (χ2n) is 7.57. The molecule has 0 saturated heterocycles. The maximum Gasteiger partial charge on any atom is 0.337 e. The summed E-state index contributed by atoms with van der Waals surface area (Å²) in [6.07, 6.45) is 2.30. The fourth-order valence-corrected chi connectivity index (χ4v) is 3.60. The maximum absolute atomic E-state index is 13.1. The summed E-state index contributed by atoms with van der Waals surface area (Å²) in [5, 5.41) is 5.57. The van der Waals surface area contributed by atoms with Gasteiger partial charge in [-0.3, -0.25) is 0 Å². The number of nitrogens with one attached hydrogen (secondary N) is 2. The van der Waals surface area contributed by atoms with E-state index in [9.17, 15) is 14.0 Å². The molecule has 1 unspecified atom stereocenters. The van der Waals surface area contributed by atoms with Crippen molar-refractivity contribution in [2.45, 2.75) is 45.8 Å². The predicted molar refractivity (Wildman–Crippen MR) is 121 cm³/mol. The molecule has 1 atom stereocenters. The van der Waals surface area contributed by atoms with Gasteiger partial charge in [0, 0.05) is 5.70 Å². The zero-order valence-electron chi connectivity index (χ0n) is 19.1. The van der Waals surface area contributed by atoms with Crippen LogP contribution in [0.15, 0.2) is 53.7 Å². The Kier molecular flexibility index (Phi) is 8.29. The Morgan fingerprint density at radius 3 is 2.48 bits per heavy atom. The van der Waals surface area contributed by atoms with Crippen LogP contribution in [0.4, 0.5) is 9.18 Å². The summed E-state index contributed by atoms with van der Waals surface area (Å²) in [4.78, 5) is 25.0. The lowest BCUT2D eigenvalue weighted by atomic mass is 9.93. The summed E-state index contributed by atoms with van der Waals surface area (Å²) in [5.41, 5.74) is 2.40. The van der Waals surface area contributed by atoms with Crippen molar-refractivity contribution in [3.05, 3.63) is 70.7 Å². The number of halogens is 1. The molecule has 0 fully saturated rings. The largest absolute Gasteiger partial charge is 0.490 e. The van der Waals surface area contributed by atoms with Crippen LogP contribution in [0.5, 0.6) is 11.5 Å². The van der Waals surface area contributed by atoms with Crippen LogP contribution >= 0.6 is 0 Å². The highest BCUT2D eigenvalue weighted by Crippen LogP contribution is 2.36. The topological polar surface area (TPSA) is 85.9 Å². The number of ether oxygens (including phenoxy) is 3. The fraction of sp³-hybridized carbons (Fsp3) is 0.360. The van der Waals surface area contributed by atoms with Crippen molar-refractivity contribution in [2.24, 2.45) is 0 Å². The Bertz CT molecular complexity index is 1020. The van der Waals surface area contributed by atoms with E-state index in [1.54, 1.807) is 30.3 Å². The van der Waals surface area contributed by atoms with E-state index < -0.39 is 12.0 Å². The molecule has 2 N–H and O–H groups in total. The van der Waals surface area contributed by atoms with Crippen LogP contribution in [0.1, 0.15) is 50.3 Å². The molecule has 0 bridgehead atoms. The number of hydrogen-bond donors (Lipinski definition) is 2. The summed E-state index contributed by atoms with van der Waals surface area (Å²) in [7, 11) is 1.32. The van der Waals surface area contributed by atoms with Crippen LogP contribution in [-0.4, -0.2) is 25.7 Å². The highest BCUT2D eigenvalue weighted by atomic mass is 19.1. The lowest BCUT2D eigenvalue weighted by molar-refractivity contribution is -0.136. The van der Waals surface area contributed by atoms with E-state index in [1.165, 1.54) is 19.2 Å². The number of amides is 2. The van der Waals surface area contributed by atoms with Gasteiger partial charge < -0.3 is 24.8 Å². The molecule has 0 aromatic heterocycles. The van der Waals surface area contributed by atoms with E-state index in [0.29, 0.717) is 41.4 Å². The van der Waals surface area contributed by atoms with Crippen LogP contribution in [-0.2, 0) is 16.1 Å². The van der Waals surface area contributed by atoms with E-state index in [2.05, 4.69) is 10.6 Å². The second-order valence-corrected chi connectivity index (χ2v) is 7.57. The first-order chi connectivity index (χ1) is 16.0.